The molecule has 0 saturated carbocycles. The zero-order chi connectivity index (χ0) is 15.1. The molecule has 1 atom stereocenters. The van der Waals surface area contributed by atoms with Gasteiger partial charge in [0.1, 0.15) is 11.5 Å². The average Bonchev–Trinajstić information content (AvgIpc) is 2.54. The van der Waals surface area contributed by atoms with Crippen LogP contribution >= 0.6 is 0 Å². The van der Waals surface area contributed by atoms with Gasteiger partial charge in [0, 0.05) is 13.2 Å². The van der Waals surface area contributed by atoms with Crippen LogP contribution < -0.4 is 10.5 Å². The third-order valence-corrected chi connectivity index (χ3v) is 3.50. The molecule has 0 spiro atoms. The van der Waals surface area contributed by atoms with Crippen molar-refractivity contribution in [3.63, 3.8) is 0 Å². The second kappa shape index (κ2) is 7.81. The van der Waals surface area contributed by atoms with Crippen LogP contribution in [-0.4, -0.2) is 13.7 Å². The summed E-state index contributed by atoms with van der Waals surface area (Å²) >= 11 is 0. The highest BCUT2D eigenvalue weighted by Crippen LogP contribution is 2.24. The molecule has 0 amide bonds. The van der Waals surface area contributed by atoms with Crippen molar-refractivity contribution in [2.24, 2.45) is 5.73 Å². The zero-order valence-corrected chi connectivity index (χ0v) is 12.7. The van der Waals surface area contributed by atoms with Crippen LogP contribution in [0.3, 0.4) is 0 Å². The van der Waals surface area contributed by atoms with Gasteiger partial charge in [0.25, 0.3) is 0 Å². The van der Waals surface area contributed by atoms with Gasteiger partial charge in [-0.1, -0.05) is 31.2 Å². The monoisotopic (exact) mass is 285 g/mol. The summed E-state index contributed by atoms with van der Waals surface area (Å²) in [5.41, 5.74) is 8.39. The fraction of sp³-hybridized carbons (Fsp3) is 0.333. The van der Waals surface area contributed by atoms with Crippen molar-refractivity contribution in [1.82, 2.24) is 0 Å². The number of ether oxygens (including phenoxy) is 2. The highest BCUT2D eigenvalue weighted by atomic mass is 16.5. The molecule has 0 aliphatic carbocycles. The van der Waals surface area contributed by atoms with E-state index in [2.05, 4.69) is 19.1 Å². The van der Waals surface area contributed by atoms with Crippen LogP contribution in [0.4, 0.5) is 0 Å². The molecular formula is C18H23NO2. The molecule has 2 aromatic rings. The summed E-state index contributed by atoms with van der Waals surface area (Å²) < 4.78 is 10.9. The number of benzene rings is 2. The van der Waals surface area contributed by atoms with Crippen LogP contribution in [0.5, 0.6) is 11.5 Å². The second-order valence-electron chi connectivity index (χ2n) is 5.07. The van der Waals surface area contributed by atoms with Gasteiger partial charge in [0.15, 0.2) is 0 Å². The SMILES string of the molecule is CC[C@@H](N)c1ccc(Oc2ccc(CCOC)cc2)cc1. The van der Waals surface area contributed by atoms with E-state index in [1.165, 1.54) is 5.56 Å². The maximum Gasteiger partial charge on any atom is 0.127 e. The molecule has 0 aromatic heterocycles. The highest BCUT2D eigenvalue weighted by Gasteiger charge is 2.03. The summed E-state index contributed by atoms with van der Waals surface area (Å²) in [6.07, 6.45) is 1.85. The van der Waals surface area contributed by atoms with Gasteiger partial charge in [-0.3, -0.25) is 0 Å². The van der Waals surface area contributed by atoms with E-state index in [0.717, 1.165) is 36.5 Å². The Kier molecular flexibility index (Phi) is 5.78. The van der Waals surface area contributed by atoms with E-state index >= 15 is 0 Å². The number of nitrogens with two attached hydrogens (primary N) is 1. The predicted octanol–water partition coefficient (Wildman–Crippen LogP) is 4.08. The Bertz CT molecular complexity index is 534. The third kappa shape index (κ3) is 4.59. The van der Waals surface area contributed by atoms with Gasteiger partial charge in [-0.05, 0) is 48.2 Å². The lowest BCUT2D eigenvalue weighted by atomic mass is 10.1. The molecule has 0 heterocycles. The minimum Gasteiger partial charge on any atom is -0.457 e. The van der Waals surface area contributed by atoms with Gasteiger partial charge < -0.3 is 15.2 Å². The lowest BCUT2D eigenvalue weighted by Crippen LogP contribution is -2.07. The molecule has 2 aromatic carbocycles. The molecule has 2 rings (SSSR count). The quantitative estimate of drug-likeness (QED) is 0.833. The van der Waals surface area contributed by atoms with Crippen LogP contribution in [0.2, 0.25) is 0 Å². The predicted molar refractivity (Wildman–Crippen MR) is 85.8 cm³/mol. The van der Waals surface area contributed by atoms with Crippen molar-refractivity contribution < 1.29 is 9.47 Å². The van der Waals surface area contributed by atoms with Crippen LogP contribution in [-0.2, 0) is 11.2 Å². The molecule has 0 aliphatic heterocycles. The van der Waals surface area contributed by atoms with E-state index < -0.39 is 0 Å². The van der Waals surface area contributed by atoms with Gasteiger partial charge >= 0.3 is 0 Å². The Labute approximate surface area is 126 Å². The standard InChI is InChI=1S/C18H23NO2/c1-3-18(19)15-6-10-17(11-7-15)21-16-8-4-14(5-9-16)12-13-20-2/h4-11,18H,3,12-13,19H2,1-2H3/t18-/m1/s1. The van der Waals surface area contributed by atoms with E-state index in [0.29, 0.717) is 0 Å². The van der Waals surface area contributed by atoms with E-state index in [1.54, 1.807) is 7.11 Å². The lowest BCUT2D eigenvalue weighted by Gasteiger charge is -2.11. The largest absolute Gasteiger partial charge is 0.457 e. The number of hydrogen-bond donors (Lipinski definition) is 1. The maximum absolute atomic E-state index is 6.00. The first kappa shape index (κ1) is 15.5. The fourth-order valence-corrected chi connectivity index (χ4v) is 2.10. The molecule has 0 fully saturated rings. The minimum absolute atomic E-state index is 0.0964. The molecule has 3 heteroatoms. The highest BCUT2D eigenvalue weighted by molar-refractivity contribution is 5.35. The molecule has 112 valence electrons. The van der Waals surface area contributed by atoms with E-state index in [1.807, 2.05) is 36.4 Å². The first-order chi connectivity index (χ1) is 10.2. The number of methoxy groups -OCH3 is 1. The first-order valence-electron chi connectivity index (χ1n) is 7.34. The summed E-state index contributed by atoms with van der Waals surface area (Å²) in [5, 5.41) is 0. The Hall–Kier alpha value is -1.84. The summed E-state index contributed by atoms with van der Waals surface area (Å²) in [4.78, 5) is 0. The van der Waals surface area contributed by atoms with Crippen molar-refractivity contribution in [2.45, 2.75) is 25.8 Å². The van der Waals surface area contributed by atoms with Crippen LogP contribution in [0.1, 0.15) is 30.5 Å². The van der Waals surface area contributed by atoms with E-state index in [4.69, 9.17) is 15.2 Å². The van der Waals surface area contributed by atoms with Gasteiger partial charge in [-0.25, -0.2) is 0 Å². The maximum atomic E-state index is 6.00. The Morgan fingerprint density at radius 2 is 1.52 bits per heavy atom. The van der Waals surface area contributed by atoms with Crippen molar-refractivity contribution in [3.8, 4) is 11.5 Å². The van der Waals surface area contributed by atoms with Crippen molar-refractivity contribution in [1.29, 1.82) is 0 Å². The van der Waals surface area contributed by atoms with Crippen LogP contribution in [0.25, 0.3) is 0 Å². The van der Waals surface area contributed by atoms with Gasteiger partial charge in [-0.15, -0.1) is 0 Å². The Morgan fingerprint density at radius 1 is 0.952 bits per heavy atom. The van der Waals surface area contributed by atoms with Crippen molar-refractivity contribution in [2.75, 3.05) is 13.7 Å². The molecule has 0 unspecified atom stereocenters. The van der Waals surface area contributed by atoms with Gasteiger partial charge in [-0.2, -0.15) is 0 Å². The molecule has 21 heavy (non-hydrogen) atoms. The zero-order valence-electron chi connectivity index (χ0n) is 12.7. The summed E-state index contributed by atoms with van der Waals surface area (Å²) in [5.74, 6) is 1.66. The third-order valence-electron chi connectivity index (χ3n) is 3.50. The van der Waals surface area contributed by atoms with E-state index in [9.17, 15) is 0 Å². The average molecular weight is 285 g/mol. The Morgan fingerprint density at radius 3 is 2.05 bits per heavy atom. The number of rotatable bonds is 7. The van der Waals surface area contributed by atoms with Crippen LogP contribution in [0, 0.1) is 0 Å². The summed E-state index contributed by atoms with van der Waals surface area (Å²) in [6.45, 7) is 2.82. The van der Waals surface area contributed by atoms with Gasteiger partial charge in [0.2, 0.25) is 0 Å². The van der Waals surface area contributed by atoms with Gasteiger partial charge in [0.05, 0.1) is 6.61 Å². The van der Waals surface area contributed by atoms with E-state index in [-0.39, 0.29) is 6.04 Å². The Balaban J connectivity index is 1.97. The molecule has 0 saturated heterocycles. The van der Waals surface area contributed by atoms with Crippen molar-refractivity contribution >= 4 is 0 Å². The molecule has 0 bridgehead atoms. The molecule has 2 N–H and O–H groups in total. The minimum atomic E-state index is 0.0964. The summed E-state index contributed by atoms with van der Waals surface area (Å²) in [6, 6.07) is 16.2. The smallest absolute Gasteiger partial charge is 0.127 e. The summed E-state index contributed by atoms with van der Waals surface area (Å²) in [7, 11) is 1.71. The second-order valence-corrected chi connectivity index (χ2v) is 5.07. The van der Waals surface area contributed by atoms with Crippen LogP contribution in [0.15, 0.2) is 48.5 Å². The first-order valence-corrected chi connectivity index (χ1v) is 7.34. The molecule has 3 nitrogen and oxygen atoms in total. The fourth-order valence-electron chi connectivity index (χ4n) is 2.10. The molecular weight excluding hydrogens is 262 g/mol. The molecule has 0 radical (unpaired) electrons. The number of hydrogen-bond acceptors (Lipinski definition) is 3. The normalized spacial score (nSPS) is 12.1. The molecule has 0 aliphatic rings. The van der Waals surface area contributed by atoms with Crippen molar-refractivity contribution in [3.05, 3.63) is 59.7 Å². The topological polar surface area (TPSA) is 44.5 Å². The lowest BCUT2D eigenvalue weighted by molar-refractivity contribution is 0.202.